The van der Waals surface area contributed by atoms with Gasteiger partial charge in [-0.05, 0) is 18.1 Å². The number of anilines is 1. The van der Waals surface area contributed by atoms with Crippen LogP contribution in [0.5, 0.6) is 0 Å². The Balaban J connectivity index is 1.96. The van der Waals surface area contributed by atoms with Crippen molar-refractivity contribution < 1.29 is 9.26 Å². The van der Waals surface area contributed by atoms with Gasteiger partial charge in [-0.2, -0.15) is 4.98 Å². The number of rotatable bonds is 6. The Morgan fingerprint density at radius 2 is 2.17 bits per heavy atom. The lowest BCUT2D eigenvalue weighted by Gasteiger charge is -2.00. The molecule has 0 aliphatic heterocycles. The molecular weight excluding hydrogens is 230 g/mol. The molecule has 1 heterocycles. The third-order valence-electron chi connectivity index (χ3n) is 2.49. The maximum atomic E-state index is 5.86. The second-order valence-electron chi connectivity index (χ2n) is 4.03. The SMILES string of the molecule is CCCOCc1noc(Cc2ccccc2N)n1. The van der Waals surface area contributed by atoms with Crippen LogP contribution >= 0.6 is 0 Å². The van der Waals surface area contributed by atoms with Crippen LogP contribution in [0, 0.1) is 0 Å². The molecule has 18 heavy (non-hydrogen) atoms. The van der Waals surface area contributed by atoms with Crippen molar-refractivity contribution in [3.8, 4) is 0 Å². The second-order valence-corrected chi connectivity index (χ2v) is 4.03. The first-order chi connectivity index (χ1) is 8.79. The molecule has 0 atom stereocenters. The molecule has 2 N–H and O–H groups in total. The largest absolute Gasteiger partial charge is 0.398 e. The number of nitrogen functional groups attached to an aromatic ring is 1. The van der Waals surface area contributed by atoms with E-state index in [9.17, 15) is 0 Å². The molecule has 0 saturated heterocycles. The first-order valence-corrected chi connectivity index (χ1v) is 6.02. The standard InChI is InChI=1S/C13H17N3O2/c1-2-7-17-9-12-15-13(18-16-12)8-10-5-3-4-6-11(10)14/h3-6H,2,7-9,14H2,1H3. The summed E-state index contributed by atoms with van der Waals surface area (Å²) >= 11 is 0. The van der Waals surface area contributed by atoms with E-state index in [1.54, 1.807) is 0 Å². The zero-order chi connectivity index (χ0) is 12.8. The lowest BCUT2D eigenvalue weighted by atomic mass is 10.1. The van der Waals surface area contributed by atoms with Crippen molar-refractivity contribution in [3.05, 3.63) is 41.5 Å². The average Bonchev–Trinajstić information content (AvgIpc) is 2.80. The molecule has 0 bridgehead atoms. The number of hydrogen-bond acceptors (Lipinski definition) is 5. The summed E-state index contributed by atoms with van der Waals surface area (Å²) in [5, 5.41) is 3.86. The summed E-state index contributed by atoms with van der Waals surface area (Å²) in [5.74, 6) is 1.14. The van der Waals surface area contributed by atoms with E-state index in [0.29, 0.717) is 31.3 Å². The van der Waals surface area contributed by atoms with Crippen molar-refractivity contribution in [1.82, 2.24) is 10.1 Å². The van der Waals surface area contributed by atoms with Crippen LogP contribution in [0.1, 0.15) is 30.6 Å². The predicted molar refractivity (Wildman–Crippen MR) is 67.9 cm³/mol. The van der Waals surface area contributed by atoms with Crippen LogP contribution in [0.25, 0.3) is 0 Å². The number of hydrogen-bond donors (Lipinski definition) is 1. The van der Waals surface area contributed by atoms with Gasteiger partial charge in [0, 0.05) is 12.3 Å². The topological polar surface area (TPSA) is 74.2 Å². The van der Waals surface area contributed by atoms with Crippen molar-refractivity contribution in [3.63, 3.8) is 0 Å². The predicted octanol–water partition coefficient (Wildman–Crippen LogP) is 2.17. The summed E-state index contributed by atoms with van der Waals surface area (Å²) in [5.41, 5.74) is 7.58. The van der Waals surface area contributed by atoms with Gasteiger partial charge in [0.05, 0.1) is 6.42 Å². The summed E-state index contributed by atoms with van der Waals surface area (Å²) < 4.78 is 10.5. The van der Waals surface area contributed by atoms with E-state index in [-0.39, 0.29) is 0 Å². The van der Waals surface area contributed by atoms with E-state index in [4.69, 9.17) is 15.0 Å². The molecule has 0 radical (unpaired) electrons. The van der Waals surface area contributed by atoms with E-state index in [2.05, 4.69) is 17.1 Å². The Morgan fingerprint density at radius 3 is 2.94 bits per heavy atom. The molecule has 0 fully saturated rings. The van der Waals surface area contributed by atoms with Gasteiger partial charge >= 0.3 is 0 Å². The fourth-order valence-corrected chi connectivity index (χ4v) is 1.59. The Morgan fingerprint density at radius 1 is 1.33 bits per heavy atom. The van der Waals surface area contributed by atoms with Crippen LogP contribution in [0.15, 0.2) is 28.8 Å². The zero-order valence-electron chi connectivity index (χ0n) is 10.4. The van der Waals surface area contributed by atoms with Crippen molar-refractivity contribution in [2.24, 2.45) is 0 Å². The number of benzene rings is 1. The first kappa shape index (κ1) is 12.6. The molecule has 5 nitrogen and oxygen atoms in total. The molecule has 0 saturated carbocycles. The summed E-state index contributed by atoms with van der Waals surface area (Å²) in [4.78, 5) is 4.26. The van der Waals surface area contributed by atoms with Crippen LogP contribution < -0.4 is 5.73 Å². The number of ether oxygens (including phenoxy) is 1. The highest BCUT2D eigenvalue weighted by molar-refractivity contribution is 5.47. The number of para-hydroxylation sites is 1. The highest BCUT2D eigenvalue weighted by atomic mass is 16.5. The highest BCUT2D eigenvalue weighted by Gasteiger charge is 2.08. The maximum Gasteiger partial charge on any atom is 0.231 e. The van der Waals surface area contributed by atoms with Crippen molar-refractivity contribution in [2.45, 2.75) is 26.4 Å². The van der Waals surface area contributed by atoms with Gasteiger partial charge in [-0.15, -0.1) is 0 Å². The van der Waals surface area contributed by atoms with Crippen molar-refractivity contribution in [2.75, 3.05) is 12.3 Å². The van der Waals surface area contributed by atoms with E-state index < -0.39 is 0 Å². The van der Waals surface area contributed by atoms with Crippen LogP contribution in [0.3, 0.4) is 0 Å². The third kappa shape index (κ3) is 3.30. The summed E-state index contributed by atoms with van der Waals surface area (Å²) in [6.07, 6.45) is 1.53. The molecule has 2 aromatic rings. The zero-order valence-corrected chi connectivity index (χ0v) is 10.4. The monoisotopic (exact) mass is 247 g/mol. The second kappa shape index (κ2) is 6.16. The van der Waals surface area contributed by atoms with E-state index >= 15 is 0 Å². The molecule has 96 valence electrons. The van der Waals surface area contributed by atoms with Gasteiger partial charge < -0.3 is 15.0 Å². The van der Waals surface area contributed by atoms with Crippen molar-refractivity contribution >= 4 is 5.69 Å². The van der Waals surface area contributed by atoms with Gasteiger partial charge in [0.25, 0.3) is 0 Å². The molecule has 0 spiro atoms. The lowest BCUT2D eigenvalue weighted by molar-refractivity contribution is 0.114. The first-order valence-electron chi connectivity index (χ1n) is 6.02. The molecule has 0 unspecified atom stereocenters. The van der Waals surface area contributed by atoms with Gasteiger partial charge in [-0.3, -0.25) is 0 Å². The van der Waals surface area contributed by atoms with Crippen LogP contribution in [0.4, 0.5) is 5.69 Å². The van der Waals surface area contributed by atoms with E-state index in [0.717, 1.165) is 17.7 Å². The minimum Gasteiger partial charge on any atom is -0.398 e. The highest BCUT2D eigenvalue weighted by Crippen LogP contribution is 2.14. The number of nitrogens with two attached hydrogens (primary N) is 1. The Hall–Kier alpha value is -1.88. The molecule has 5 heteroatoms. The van der Waals surface area contributed by atoms with Gasteiger partial charge in [0.2, 0.25) is 5.89 Å². The van der Waals surface area contributed by atoms with Crippen LogP contribution in [-0.2, 0) is 17.8 Å². The summed E-state index contributed by atoms with van der Waals surface area (Å²) in [7, 11) is 0. The Bertz CT molecular complexity index is 496. The van der Waals surface area contributed by atoms with Crippen molar-refractivity contribution in [1.29, 1.82) is 0 Å². The van der Waals surface area contributed by atoms with Gasteiger partial charge in [0.15, 0.2) is 5.82 Å². The molecule has 1 aromatic carbocycles. The molecular formula is C13H17N3O2. The molecule has 0 aliphatic carbocycles. The maximum absolute atomic E-state index is 5.86. The number of nitrogens with zero attached hydrogens (tertiary/aromatic N) is 2. The van der Waals surface area contributed by atoms with Gasteiger partial charge in [-0.1, -0.05) is 30.3 Å². The minimum atomic E-state index is 0.390. The minimum absolute atomic E-state index is 0.390. The van der Waals surface area contributed by atoms with Gasteiger partial charge in [0.1, 0.15) is 6.61 Å². The van der Waals surface area contributed by atoms with Crippen LogP contribution in [-0.4, -0.2) is 16.7 Å². The Labute approximate surface area is 106 Å². The van der Waals surface area contributed by atoms with E-state index in [1.165, 1.54) is 0 Å². The smallest absolute Gasteiger partial charge is 0.231 e. The molecule has 0 amide bonds. The number of aromatic nitrogens is 2. The van der Waals surface area contributed by atoms with Crippen LogP contribution in [0.2, 0.25) is 0 Å². The average molecular weight is 247 g/mol. The molecule has 2 rings (SSSR count). The Kier molecular flexibility index (Phi) is 4.30. The quantitative estimate of drug-likeness (QED) is 0.625. The lowest BCUT2D eigenvalue weighted by Crippen LogP contribution is -1.97. The molecule has 1 aromatic heterocycles. The third-order valence-corrected chi connectivity index (χ3v) is 2.49. The fourth-order valence-electron chi connectivity index (χ4n) is 1.59. The summed E-state index contributed by atoms with van der Waals surface area (Å²) in [6.45, 7) is 3.15. The normalized spacial score (nSPS) is 10.7. The van der Waals surface area contributed by atoms with Gasteiger partial charge in [-0.25, -0.2) is 0 Å². The fraction of sp³-hybridized carbons (Fsp3) is 0.385. The molecule has 0 aliphatic rings. The van der Waals surface area contributed by atoms with E-state index in [1.807, 2.05) is 24.3 Å². The summed E-state index contributed by atoms with van der Waals surface area (Å²) in [6, 6.07) is 7.65.